The lowest BCUT2D eigenvalue weighted by atomic mass is 10.0. The molecular weight excluding hydrogens is 558 g/mol. The van der Waals surface area contributed by atoms with Crippen LogP contribution in [-0.4, -0.2) is 43.8 Å². The SMILES string of the molecule is CC(C)c1ccc(N(CC(=O)N(Cc2ccccc2Cl)[C@@H](C)C(=O)NC2CCCC2)S(=O)(=O)c2ccccc2)cc1. The fraction of sp³-hybridized carbons (Fsp3) is 0.375. The predicted octanol–water partition coefficient (Wildman–Crippen LogP) is 6.13. The molecule has 9 heteroatoms. The second-order valence-corrected chi connectivity index (χ2v) is 13.1. The number of nitrogens with zero attached hydrogens (tertiary/aromatic N) is 2. The number of amides is 2. The van der Waals surface area contributed by atoms with Gasteiger partial charge in [-0.1, -0.05) is 86.8 Å². The standard InChI is InChI=1S/C32H38ClN3O4S/c1-23(2)25-17-19-28(20-18-25)36(41(39,40)29-14-5-4-6-15-29)22-31(37)35(21-26-11-7-10-16-30(26)33)24(3)32(38)34-27-12-8-9-13-27/h4-7,10-11,14-20,23-24,27H,8-9,12-13,21-22H2,1-3H3,(H,34,38)/t24-/m0/s1. The molecule has 0 aliphatic heterocycles. The number of hydrogen-bond donors (Lipinski definition) is 1. The van der Waals surface area contributed by atoms with Crippen molar-refractivity contribution in [3.05, 3.63) is 95.0 Å². The summed E-state index contributed by atoms with van der Waals surface area (Å²) in [6.07, 6.45) is 3.94. The summed E-state index contributed by atoms with van der Waals surface area (Å²) < 4.78 is 28.9. The van der Waals surface area contributed by atoms with Crippen LogP contribution in [0.4, 0.5) is 5.69 Å². The van der Waals surface area contributed by atoms with Crippen molar-refractivity contribution in [1.82, 2.24) is 10.2 Å². The Labute approximate surface area is 248 Å². The molecule has 1 aliphatic rings. The molecule has 3 aromatic rings. The van der Waals surface area contributed by atoms with Gasteiger partial charge in [-0.2, -0.15) is 0 Å². The first kappa shape index (κ1) is 30.6. The molecule has 2 amide bonds. The van der Waals surface area contributed by atoms with Crippen LogP contribution in [0.5, 0.6) is 0 Å². The van der Waals surface area contributed by atoms with Gasteiger partial charge in [0.15, 0.2) is 0 Å². The van der Waals surface area contributed by atoms with Crippen LogP contribution in [0.3, 0.4) is 0 Å². The van der Waals surface area contributed by atoms with Crippen LogP contribution in [0.25, 0.3) is 0 Å². The summed E-state index contributed by atoms with van der Waals surface area (Å²) in [4.78, 5) is 28.9. The third kappa shape index (κ3) is 7.49. The molecule has 1 aliphatic carbocycles. The summed E-state index contributed by atoms with van der Waals surface area (Å²) in [5, 5.41) is 3.54. The number of sulfonamides is 1. The molecule has 218 valence electrons. The highest BCUT2D eigenvalue weighted by Gasteiger charge is 2.33. The van der Waals surface area contributed by atoms with Crippen molar-refractivity contribution in [2.24, 2.45) is 0 Å². The first-order chi connectivity index (χ1) is 19.6. The summed E-state index contributed by atoms with van der Waals surface area (Å²) in [7, 11) is -4.10. The predicted molar refractivity (Wildman–Crippen MR) is 163 cm³/mol. The second-order valence-electron chi connectivity index (χ2n) is 10.8. The fourth-order valence-electron chi connectivity index (χ4n) is 5.06. The summed E-state index contributed by atoms with van der Waals surface area (Å²) in [6.45, 7) is 5.36. The van der Waals surface area contributed by atoms with Crippen molar-refractivity contribution >= 4 is 39.1 Å². The number of nitrogens with one attached hydrogen (secondary N) is 1. The topological polar surface area (TPSA) is 86.8 Å². The zero-order valence-electron chi connectivity index (χ0n) is 23.8. The van der Waals surface area contributed by atoms with Gasteiger partial charge >= 0.3 is 0 Å². The van der Waals surface area contributed by atoms with Crippen molar-refractivity contribution in [2.75, 3.05) is 10.8 Å². The minimum absolute atomic E-state index is 0.0588. The molecule has 3 aromatic carbocycles. The van der Waals surface area contributed by atoms with E-state index in [0.29, 0.717) is 16.3 Å². The lowest BCUT2D eigenvalue weighted by Gasteiger charge is -2.32. The minimum atomic E-state index is -4.10. The number of halogens is 1. The molecule has 1 N–H and O–H groups in total. The molecule has 0 spiro atoms. The Hall–Kier alpha value is -3.36. The first-order valence-corrected chi connectivity index (χ1v) is 15.9. The van der Waals surface area contributed by atoms with E-state index in [-0.39, 0.29) is 29.3 Å². The van der Waals surface area contributed by atoms with E-state index in [1.54, 1.807) is 55.5 Å². The molecule has 1 atom stereocenters. The molecule has 4 rings (SSSR count). The Morgan fingerprint density at radius 1 is 0.902 bits per heavy atom. The fourth-order valence-corrected chi connectivity index (χ4v) is 6.69. The van der Waals surface area contributed by atoms with E-state index < -0.39 is 28.5 Å². The van der Waals surface area contributed by atoms with Crippen molar-refractivity contribution in [3.63, 3.8) is 0 Å². The molecule has 0 aromatic heterocycles. The zero-order chi connectivity index (χ0) is 29.6. The van der Waals surface area contributed by atoms with E-state index in [0.717, 1.165) is 35.6 Å². The molecule has 1 saturated carbocycles. The van der Waals surface area contributed by atoms with Crippen molar-refractivity contribution in [2.45, 2.75) is 75.9 Å². The van der Waals surface area contributed by atoms with Gasteiger partial charge in [0, 0.05) is 17.6 Å². The Bertz CT molecular complexity index is 1440. The molecule has 1 fully saturated rings. The summed E-state index contributed by atoms with van der Waals surface area (Å²) >= 11 is 6.44. The number of rotatable bonds is 11. The number of benzene rings is 3. The second kappa shape index (κ2) is 13.5. The van der Waals surface area contributed by atoms with E-state index in [9.17, 15) is 18.0 Å². The van der Waals surface area contributed by atoms with Crippen LogP contribution in [0.2, 0.25) is 5.02 Å². The van der Waals surface area contributed by atoms with Crippen LogP contribution in [0.15, 0.2) is 83.8 Å². The molecular formula is C32H38ClN3O4S. The van der Waals surface area contributed by atoms with Crippen LogP contribution >= 0.6 is 11.6 Å². The number of anilines is 1. The van der Waals surface area contributed by atoms with Crippen molar-refractivity contribution in [1.29, 1.82) is 0 Å². The maximum Gasteiger partial charge on any atom is 0.264 e. The van der Waals surface area contributed by atoms with Gasteiger partial charge in [-0.05, 0) is 67.1 Å². The largest absolute Gasteiger partial charge is 0.352 e. The van der Waals surface area contributed by atoms with Gasteiger partial charge in [-0.25, -0.2) is 8.42 Å². The van der Waals surface area contributed by atoms with Crippen molar-refractivity contribution < 1.29 is 18.0 Å². The lowest BCUT2D eigenvalue weighted by molar-refractivity contribution is -0.139. The van der Waals surface area contributed by atoms with E-state index in [4.69, 9.17) is 11.6 Å². The molecule has 41 heavy (non-hydrogen) atoms. The van der Waals surface area contributed by atoms with Gasteiger partial charge in [0.1, 0.15) is 12.6 Å². The number of hydrogen-bond acceptors (Lipinski definition) is 4. The van der Waals surface area contributed by atoms with Gasteiger partial charge < -0.3 is 10.2 Å². The third-order valence-corrected chi connectivity index (χ3v) is 9.78. The molecule has 0 unspecified atom stereocenters. The van der Waals surface area contributed by atoms with Crippen LogP contribution in [-0.2, 0) is 26.2 Å². The van der Waals surface area contributed by atoms with Gasteiger partial charge in [0.25, 0.3) is 10.0 Å². The maximum absolute atomic E-state index is 14.1. The van der Waals surface area contributed by atoms with E-state index in [1.807, 2.05) is 18.2 Å². The molecule has 0 radical (unpaired) electrons. The van der Waals surface area contributed by atoms with Gasteiger partial charge in [-0.3, -0.25) is 13.9 Å². The van der Waals surface area contributed by atoms with Crippen molar-refractivity contribution in [3.8, 4) is 0 Å². The van der Waals surface area contributed by atoms with E-state index in [1.165, 1.54) is 17.0 Å². The Morgan fingerprint density at radius 2 is 1.51 bits per heavy atom. The van der Waals surface area contributed by atoms with Gasteiger partial charge in [-0.15, -0.1) is 0 Å². The molecule has 0 saturated heterocycles. The number of carbonyl (C=O) groups is 2. The highest BCUT2D eigenvalue weighted by atomic mass is 35.5. The first-order valence-electron chi connectivity index (χ1n) is 14.1. The Balaban J connectivity index is 1.69. The quantitative estimate of drug-likeness (QED) is 0.289. The smallest absolute Gasteiger partial charge is 0.264 e. The van der Waals surface area contributed by atoms with Gasteiger partial charge in [0.2, 0.25) is 11.8 Å². The number of carbonyl (C=O) groups excluding carboxylic acids is 2. The van der Waals surface area contributed by atoms with E-state index in [2.05, 4.69) is 19.2 Å². The Morgan fingerprint density at radius 3 is 2.12 bits per heavy atom. The van der Waals surface area contributed by atoms with Gasteiger partial charge in [0.05, 0.1) is 10.6 Å². The van der Waals surface area contributed by atoms with Crippen LogP contribution < -0.4 is 9.62 Å². The summed E-state index contributed by atoms with van der Waals surface area (Å²) in [6, 6.07) is 21.6. The van der Waals surface area contributed by atoms with Crippen LogP contribution in [0.1, 0.15) is 63.5 Å². The molecule has 0 bridgehead atoms. The maximum atomic E-state index is 14.1. The summed E-state index contributed by atoms with van der Waals surface area (Å²) in [5.41, 5.74) is 2.09. The molecule has 7 nitrogen and oxygen atoms in total. The molecule has 0 heterocycles. The highest BCUT2D eigenvalue weighted by Crippen LogP contribution is 2.27. The van der Waals surface area contributed by atoms with E-state index >= 15 is 0 Å². The minimum Gasteiger partial charge on any atom is -0.352 e. The lowest BCUT2D eigenvalue weighted by Crippen LogP contribution is -2.52. The monoisotopic (exact) mass is 595 g/mol. The highest BCUT2D eigenvalue weighted by molar-refractivity contribution is 7.92. The normalized spacial score (nSPS) is 14.6. The zero-order valence-corrected chi connectivity index (χ0v) is 25.4. The summed E-state index contributed by atoms with van der Waals surface area (Å²) in [5.74, 6) is -0.516. The average molecular weight is 596 g/mol. The van der Waals surface area contributed by atoms with Crippen LogP contribution in [0, 0.1) is 0 Å². The Kier molecular flexibility index (Phi) is 10.1. The third-order valence-electron chi connectivity index (χ3n) is 7.63. The average Bonchev–Trinajstić information content (AvgIpc) is 3.48.